The molecule has 1 aliphatic heterocycles. The maximum Gasteiger partial charge on any atom is 0.225 e. The topological polar surface area (TPSA) is 23.6 Å². The summed E-state index contributed by atoms with van der Waals surface area (Å²) < 4.78 is 0. The fourth-order valence-corrected chi connectivity index (χ4v) is 4.46. The number of piperazine rings is 1. The summed E-state index contributed by atoms with van der Waals surface area (Å²) in [4.78, 5) is 17.2. The Hall–Kier alpha value is -0.570. The second kappa shape index (κ2) is 7.62. The summed E-state index contributed by atoms with van der Waals surface area (Å²) >= 11 is 0. The number of carbonyl (C=O) groups excluding carboxylic acids is 1. The van der Waals surface area contributed by atoms with Crippen molar-refractivity contribution in [2.75, 3.05) is 32.7 Å². The number of hydrogen-bond donors (Lipinski definition) is 0. The van der Waals surface area contributed by atoms with E-state index in [2.05, 4.69) is 9.80 Å². The third-order valence-corrected chi connectivity index (χ3v) is 5.97. The van der Waals surface area contributed by atoms with Crippen molar-refractivity contribution in [2.24, 2.45) is 11.8 Å². The van der Waals surface area contributed by atoms with Crippen molar-refractivity contribution in [1.82, 2.24) is 9.80 Å². The van der Waals surface area contributed by atoms with Crippen molar-refractivity contribution >= 4 is 5.91 Å². The van der Waals surface area contributed by atoms with Crippen LogP contribution in [0.2, 0.25) is 0 Å². The van der Waals surface area contributed by atoms with Crippen LogP contribution in [0, 0.1) is 11.8 Å². The highest BCUT2D eigenvalue weighted by Gasteiger charge is 2.29. The SMILES string of the molecule is O=C(C1CCCC1)N1CCN(CCC2CCCCC2)CC1. The number of carbonyl (C=O) groups is 1. The van der Waals surface area contributed by atoms with Gasteiger partial charge in [0, 0.05) is 32.1 Å². The lowest BCUT2D eigenvalue weighted by molar-refractivity contribution is -0.137. The van der Waals surface area contributed by atoms with Gasteiger partial charge in [0.15, 0.2) is 0 Å². The lowest BCUT2D eigenvalue weighted by Crippen LogP contribution is -2.50. The maximum absolute atomic E-state index is 12.4. The van der Waals surface area contributed by atoms with Gasteiger partial charge >= 0.3 is 0 Å². The summed E-state index contributed by atoms with van der Waals surface area (Å²) in [5.74, 6) is 1.80. The van der Waals surface area contributed by atoms with Crippen molar-refractivity contribution in [3.05, 3.63) is 0 Å². The van der Waals surface area contributed by atoms with Gasteiger partial charge in [-0.25, -0.2) is 0 Å². The van der Waals surface area contributed by atoms with E-state index in [9.17, 15) is 4.79 Å². The van der Waals surface area contributed by atoms with E-state index in [0.717, 1.165) is 44.9 Å². The predicted molar refractivity (Wildman–Crippen MR) is 86.2 cm³/mol. The van der Waals surface area contributed by atoms with Gasteiger partial charge in [0.2, 0.25) is 5.91 Å². The molecule has 0 aromatic rings. The summed E-state index contributed by atoms with van der Waals surface area (Å²) in [5, 5.41) is 0. The van der Waals surface area contributed by atoms with Gasteiger partial charge in [0.25, 0.3) is 0 Å². The molecule has 0 aromatic heterocycles. The summed E-state index contributed by atoms with van der Waals surface area (Å²) in [6.07, 6.45) is 13.5. The first-order chi connectivity index (χ1) is 10.3. The minimum absolute atomic E-state index is 0.360. The quantitative estimate of drug-likeness (QED) is 0.794. The molecular weight excluding hydrogens is 260 g/mol. The van der Waals surface area contributed by atoms with E-state index in [1.165, 1.54) is 57.9 Å². The Balaban J connectivity index is 1.35. The Labute approximate surface area is 130 Å². The molecule has 0 atom stereocenters. The Morgan fingerprint density at radius 2 is 1.43 bits per heavy atom. The van der Waals surface area contributed by atoms with Gasteiger partial charge in [-0.05, 0) is 31.7 Å². The number of rotatable bonds is 4. The van der Waals surface area contributed by atoms with E-state index in [1.54, 1.807) is 0 Å². The van der Waals surface area contributed by atoms with E-state index in [0.29, 0.717) is 11.8 Å². The standard InChI is InChI=1S/C18H32N2O/c21-18(17-8-4-5-9-17)20-14-12-19(13-15-20)11-10-16-6-2-1-3-7-16/h16-17H,1-15H2. The molecule has 21 heavy (non-hydrogen) atoms. The average molecular weight is 292 g/mol. The Bertz CT molecular complexity index is 324. The first-order valence-corrected chi connectivity index (χ1v) is 9.34. The van der Waals surface area contributed by atoms with E-state index in [-0.39, 0.29) is 0 Å². The molecule has 2 aliphatic carbocycles. The molecule has 0 bridgehead atoms. The fraction of sp³-hybridized carbons (Fsp3) is 0.944. The van der Waals surface area contributed by atoms with Crippen molar-refractivity contribution in [1.29, 1.82) is 0 Å². The Kier molecular flexibility index (Phi) is 5.56. The molecule has 1 amide bonds. The summed E-state index contributed by atoms with van der Waals surface area (Å²) in [6, 6.07) is 0. The van der Waals surface area contributed by atoms with Crippen LogP contribution in [0.1, 0.15) is 64.2 Å². The number of hydrogen-bond acceptors (Lipinski definition) is 2. The van der Waals surface area contributed by atoms with Gasteiger partial charge in [-0.2, -0.15) is 0 Å². The minimum Gasteiger partial charge on any atom is -0.340 e. The maximum atomic E-state index is 12.4. The molecule has 1 saturated heterocycles. The normalized spacial score (nSPS) is 26.4. The molecule has 120 valence electrons. The molecule has 3 fully saturated rings. The molecule has 0 radical (unpaired) electrons. The van der Waals surface area contributed by atoms with Gasteiger partial charge in [-0.1, -0.05) is 44.9 Å². The zero-order valence-electron chi connectivity index (χ0n) is 13.6. The van der Waals surface area contributed by atoms with Gasteiger partial charge < -0.3 is 4.90 Å². The smallest absolute Gasteiger partial charge is 0.225 e. The highest BCUT2D eigenvalue weighted by molar-refractivity contribution is 5.79. The van der Waals surface area contributed by atoms with Crippen LogP contribution in [0.3, 0.4) is 0 Å². The van der Waals surface area contributed by atoms with Gasteiger partial charge in [0.05, 0.1) is 0 Å². The molecule has 3 rings (SSSR count). The third kappa shape index (κ3) is 4.21. The second-order valence-corrected chi connectivity index (χ2v) is 7.44. The first kappa shape index (κ1) is 15.3. The molecule has 0 unspecified atom stereocenters. The minimum atomic E-state index is 0.360. The fourth-order valence-electron chi connectivity index (χ4n) is 4.46. The number of nitrogens with zero attached hydrogens (tertiary/aromatic N) is 2. The zero-order chi connectivity index (χ0) is 14.5. The molecule has 2 saturated carbocycles. The van der Waals surface area contributed by atoms with E-state index in [4.69, 9.17) is 0 Å². The van der Waals surface area contributed by atoms with Crippen LogP contribution in [-0.4, -0.2) is 48.4 Å². The Morgan fingerprint density at radius 3 is 2.10 bits per heavy atom. The van der Waals surface area contributed by atoms with Crippen LogP contribution in [0.4, 0.5) is 0 Å². The first-order valence-electron chi connectivity index (χ1n) is 9.34. The lowest BCUT2D eigenvalue weighted by Gasteiger charge is -2.36. The molecule has 1 heterocycles. The van der Waals surface area contributed by atoms with E-state index < -0.39 is 0 Å². The Morgan fingerprint density at radius 1 is 0.810 bits per heavy atom. The van der Waals surface area contributed by atoms with Crippen LogP contribution in [0.15, 0.2) is 0 Å². The van der Waals surface area contributed by atoms with Gasteiger partial charge in [-0.15, -0.1) is 0 Å². The zero-order valence-corrected chi connectivity index (χ0v) is 13.6. The molecular formula is C18H32N2O. The van der Waals surface area contributed by atoms with Crippen molar-refractivity contribution < 1.29 is 4.79 Å². The van der Waals surface area contributed by atoms with E-state index >= 15 is 0 Å². The molecule has 0 spiro atoms. The van der Waals surface area contributed by atoms with Crippen molar-refractivity contribution in [3.8, 4) is 0 Å². The van der Waals surface area contributed by atoms with Crippen molar-refractivity contribution in [2.45, 2.75) is 64.2 Å². The van der Waals surface area contributed by atoms with Gasteiger partial charge in [-0.3, -0.25) is 9.69 Å². The van der Waals surface area contributed by atoms with Crippen LogP contribution < -0.4 is 0 Å². The molecule has 0 aromatic carbocycles. The monoisotopic (exact) mass is 292 g/mol. The van der Waals surface area contributed by atoms with Crippen LogP contribution in [0.25, 0.3) is 0 Å². The molecule has 3 aliphatic rings. The highest BCUT2D eigenvalue weighted by atomic mass is 16.2. The number of amides is 1. The van der Waals surface area contributed by atoms with E-state index in [1.807, 2.05) is 0 Å². The van der Waals surface area contributed by atoms with Crippen LogP contribution in [0.5, 0.6) is 0 Å². The third-order valence-electron chi connectivity index (χ3n) is 5.97. The molecule has 3 heteroatoms. The molecule has 3 nitrogen and oxygen atoms in total. The van der Waals surface area contributed by atoms with Gasteiger partial charge in [0.1, 0.15) is 0 Å². The summed E-state index contributed by atoms with van der Waals surface area (Å²) in [6.45, 7) is 5.41. The highest BCUT2D eigenvalue weighted by Crippen LogP contribution is 2.28. The summed E-state index contributed by atoms with van der Waals surface area (Å²) in [7, 11) is 0. The molecule has 0 N–H and O–H groups in total. The van der Waals surface area contributed by atoms with Crippen molar-refractivity contribution in [3.63, 3.8) is 0 Å². The lowest BCUT2D eigenvalue weighted by atomic mass is 9.87. The predicted octanol–water partition coefficient (Wildman–Crippen LogP) is 3.29. The largest absolute Gasteiger partial charge is 0.340 e. The second-order valence-electron chi connectivity index (χ2n) is 7.44. The average Bonchev–Trinajstić information content (AvgIpc) is 3.08. The summed E-state index contributed by atoms with van der Waals surface area (Å²) in [5.41, 5.74) is 0. The van der Waals surface area contributed by atoms with Crippen LogP contribution >= 0.6 is 0 Å². The van der Waals surface area contributed by atoms with Crippen LogP contribution in [-0.2, 0) is 4.79 Å².